The molecular weight excluding hydrogens is 954 g/mol. The second-order valence-corrected chi connectivity index (χ2v) is 21.7. The van der Waals surface area contributed by atoms with Gasteiger partial charge in [-0.3, -0.25) is 18.6 Å². The van der Waals surface area contributed by atoms with Gasteiger partial charge in [-0.1, -0.05) is 218 Å². The maximum Gasteiger partial charge on any atom is 0.472 e. The molecule has 0 aliphatic carbocycles. The third-order valence-electron chi connectivity index (χ3n) is 11.9. The number of nitrogens with zero attached hydrogens (tertiary/aromatic N) is 1. The van der Waals surface area contributed by atoms with E-state index in [9.17, 15) is 19.0 Å². The quantitative estimate of drug-likeness (QED) is 0.0211. The van der Waals surface area contributed by atoms with Crippen LogP contribution in [-0.4, -0.2) is 74.9 Å². The van der Waals surface area contributed by atoms with Gasteiger partial charge < -0.3 is 18.9 Å². The van der Waals surface area contributed by atoms with E-state index in [4.69, 9.17) is 18.5 Å². The molecule has 0 aliphatic rings. The summed E-state index contributed by atoms with van der Waals surface area (Å²) in [6.07, 6.45) is 79.4. The summed E-state index contributed by atoms with van der Waals surface area (Å²) in [6, 6.07) is 0. The Kier molecular flexibility index (Phi) is 52.1. The number of ether oxygens (including phenoxy) is 2. The minimum absolute atomic E-state index is 0.0187. The number of carbonyl (C=O) groups is 2. The summed E-state index contributed by atoms with van der Waals surface area (Å²) in [5.41, 5.74) is 0. The number of quaternary nitrogens is 1. The highest BCUT2D eigenvalue weighted by atomic mass is 31.2. The lowest BCUT2D eigenvalue weighted by Crippen LogP contribution is -2.37. The number of esters is 2. The first-order valence-electron chi connectivity index (χ1n) is 29.4. The number of rotatable bonds is 52. The van der Waals surface area contributed by atoms with E-state index in [1.807, 2.05) is 21.1 Å². The lowest BCUT2D eigenvalue weighted by atomic mass is 10.1. The van der Waals surface area contributed by atoms with E-state index in [2.05, 4.69) is 148 Å². The standard InChI is InChI=1S/C65H108NO8P/c1-6-8-10-12-14-16-18-20-22-24-26-27-28-29-30-31-32-33-34-35-36-37-38-39-40-42-44-46-48-50-52-54-56-58-65(68)74-63(62-73-75(69,70)72-60-59-66(3,4)5)61-71-64(67)57-55-53-51-49-47-45-43-41-25-23-21-19-17-15-13-11-9-7-2/h8,10,14,16-17,19-20,22-23,25-27,29-30,32-33,35-36,38-39,42,44,63H,6-7,9,11-13,15,18,21,24,28,31,34,37,40-41,43,45-62H2,1-5H3/p+1/b10-8-,16-14-,19-17-,22-20-,25-23-,27-26-,30-29-,33-32-,36-35-,39-38-,44-42-. The minimum atomic E-state index is -4.40. The van der Waals surface area contributed by atoms with Gasteiger partial charge in [0.05, 0.1) is 27.7 Å². The molecule has 0 bridgehead atoms. The highest BCUT2D eigenvalue weighted by molar-refractivity contribution is 7.47. The van der Waals surface area contributed by atoms with Crippen molar-refractivity contribution in [3.05, 3.63) is 134 Å². The molecule has 0 amide bonds. The second kappa shape index (κ2) is 54.9. The summed E-state index contributed by atoms with van der Waals surface area (Å²) >= 11 is 0. The fraction of sp³-hybridized carbons (Fsp3) is 0.631. The maximum absolute atomic E-state index is 12.8. The van der Waals surface area contributed by atoms with Gasteiger partial charge in [-0.25, -0.2) is 4.57 Å². The summed E-state index contributed by atoms with van der Waals surface area (Å²) in [7, 11) is 1.44. The first-order valence-corrected chi connectivity index (χ1v) is 30.9. The van der Waals surface area contributed by atoms with Gasteiger partial charge >= 0.3 is 19.8 Å². The second-order valence-electron chi connectivity index (χ2n) is 20.3. The molecule has 0 saturated carbocycles. The van der Waals surface area contributed by atoms with E-state index in [1.165, 1.54) is 51.4 Å². The van der Waals surface area contributed by atoms with E-state index in [-0.39, 0.29) is 32.0 Å². The molecule has 75 heavy (non-hydrogen) atoms. The van der Waals surface area contributed by atoms with E-state index >= 15 is 0 Å². The van der Waals surface area contributed by atoms with E-state index in [1.54, 1.807) is 0 Å². The smallest absolute Gasteiger partial charge is 0.462 e. The molecule has 0 heterocycles. The summed E-state index contributed by atoms with van der Waals surface area (Å²) in [5.74, 6) is -0.838. The molecule has 0 rings (SSSR count). The molecule has 0 aromatic rings. The van der Waals surface area contributed by atoms with Gasteiger partial charge in [0.15, 0.2) is 6.10 Å². The molecule has 0 aromatic heterocycles. The largest absolute Gasteiger partial charge is 0.472 e. The number of unbranched alkanes of at least 4 members (excludes halogenated alkanes) is 16. The van der Waals surface area contributed by atoms with Crippen molar-refractivity contribution in [2.45, 2.75) is 219 Å². The molecule has 426 valence electrons. The molecule has 0 radical (unpaired) electrons. The SMILES string of the molecule is CC/C=C\C/C=C\C/C=C\C/C=C\C/C=C\C/C=C\C/C=C\C/C=C\C/C=C\CCCCCCCC(=O)OC(COC(=O)CCCCCCCCC/C=C\C/C=C\CCCCCC)COP(=O)(O)OCC[N+](C)(C)C. The van der Waals surface area contributed by atoms with Crippen LogP contribution in [0.3, 0.4) is 0 Å². The van der Waals surface area contributed by atoms with Gasteiger partial charge in [0.2, 0.25) is 0 Å². The topological polar surface area (TPSA) is 108 Å². The third kappa shape index (κ3) is 59.3. The highest BCUT2D eigenvalue weighted by Gasteiger charge is 2.27. The average molecular weight is 1060 g/mol. The number of hydrogen-bond donors (Lipinski definition) is 1. The maximum atomic E-state index is 12.8. The van der Waals surface area contributed by atoms with Crippen molar-refractivity contribution in [3.63, 3.8) is 0 Å². The van der Waals surface area contributed by atoms with Gasteiger partial charge in [0.1, 0.15) is 19.8 Å². The minimum Gasteiger partial charge on any atom is -0.462 e. The van der Waals surface area contributed by atoms with Crippen molar-refractivity contribution in [1.29, 1.82) is 0 Å². The number of allylic oxidation sites excluding steroid dienone is 22. The van der Waals surface area contributed by atoms with Crippen molar-refractivity contribution < 1.29 is 42.1 Å². The van der Waals surface area contributed by atoms with E-state index in [0.29, 0.717) is 17.4 Å². The summed E-state index contributed by atoms with van der Waals surface area (Å²) in [5, 5.41) is 0. The van der Waals surface area contributed by atoms with Crippen molar-refractivity contribution in [3.8, 4) is 0 Å². The zero-order valence-corrected chi connectivity index (χ0v) is 49.1. The summed E-state index contributed by atoms with van der Waals surface area (Å²) in [4.78, 5) is 35.7. The normalized spacial score (nSPS) is 14.3. The molecule has 0 saturated heterocycles. The van der Waals surface area contributed by atoms with Gasteiger partial charge in [0.25, 0.3) is 0 Å². The zero-order chi connectivity index (χ0) is 54.9. The molecule has 0 aliphatic heterocycles. The Balaban J connectivity index is 4.26. The fourth-order valence-corrected chi connectivity index (χ4v) is 8.13. The van der Waals surface area contributed by atoms with Crippen LogP contribution in [0.4, 0.5) is 0 Å². The number of carbonyl (C=O) groups excluding carboxylic acids is 2. The molecule has 9 nitrogen and oxygen atoms in total. The van der Waals surface area contributed by atoms with Crippen LogP contribution in [0.25, 0.3) is 0 Å². The Morgan fingerprint density at radius 2 is 0.760 bits per heavy atom. The van der Waals surface area contributed by atoms with Gasteiger partial charge in [-0.05, 0) is 116 Å². The van der Waals surface area contributed by atoms with Crippen molar-refractivity contribution in [2.24, 2.45) is 0 Å². The van der Waals surface area contributed by atoms with Crippen molar-refractivity contribution >= 4 is 19.8 Å². The summed E-state index contributed by atoms with van der Waals surface area (Å²) < 4.78 is 34.5. The van der Waals surface area contributed by atoms with Crippen LogP contribution in [-0.2, 0) is 32.7 Å². The Labute approximate surface area is 460 Å². The number of phosphoric acid groups is 1. The molecule has 10 heteroatoms. The Morgan fingerprint density at radius 1 is 0.427 bits per heavy atom. The lowest BCUT2D eigenvalue weighted by Gasteiger charge is -2.24. The first kappa shape index (κ1) is 71.2. The lowest BCUT2D eigenvalue weighted by molar-refractivity contribution is -0.870. The monoisotopic (exact) mass is 1060 g/mol. The highest BCUT2D eigenvalue weighted by Crippen LogP contribution is 2.43. The van der Waals surface area contributed by atoms with E-state index < -0.39 is 26.5 Å². The Bertz CT molecular complexity index is 1730. The third-order valence-corrected chi connectivity index (χ3v) is 12.9. The van der Waals surface area contributed by atoms with Crippen LogP contribution < -0.4 is 0 Å². The van der Waals surface area contributed by atoms with E-state index in [0.717, 1.165) is 128 Å². The molecule has 0 aromatic carbocycles. The number of likely N-dealkylation sites (N-methyl/N-ethyl adjacent to an activating group) is 1. The summed E-state index contributed by atoms with van der Waals surface area (Å²) in [6.45, 7) is 4.25. The predicted molar refractivity (Wildman–Crippen MR) is 320 cm³/mol. The van der Waals surface area contributed by atoms with Crippen LogP contribution in [0.5, 0.6) is 0 Å². The van der Waals surface area contributed by atoms with Gasteiger partial charge in [-0.2, -0.15) is 0 Å². The number of hydrogen-bond acceptors (Lipinski definition) is 7. The molecule has 1 N–H and O–H groups in total. The molecule has 0 spiro atoms. The fourth-order valence-electron chi connectivity index (χ4n) is 7.39. The van der Waals surface area contributed by atoms with Gasteiger partial charge in [-0.15, -0.1) is 0 Å². The average Bonchev–Trinajstić information content (AvgIpc) is 3.37. The van der Waals surface area contributed by atoms with Crippen LogP contribution in [0.2, 0.25) is 0 Å². The first-order chi connectivity index (χ1) is 36.5. The van der Waals surface area contributed by atoms with Crippen molar-refractivity contribution in [2.75, 3.05) is 47.5 Å². The molecule has 2 unspecified atom stereocenters. The Morgan fingerprint density at radius 3 is 1.13 bits per heavy atom. The molecule has 2 atom stereocenters. The van der Waals surface area contributed by atoms with Crippen LogP contribution in [0.1, 0.15) is 213 Å². The molecular formula is C65H109NO8P+. The van der Waals surface area contributed by atoms with Gasteiger partial charge in [0, 0.05) is 12.8 Å². The zero-order valence-electron chi connectivity index (χ0n) is 48.2. The predicted octanol–water partition coefficient (Wildman–Crippen LogP) is 18.5. The van der Waals surface area contributed by atoms with Crippen LogP contribution >= 0.6 is 7.82 Å². The molecule has 0 fully saturated rings. The van der Waals surface area contributed by atoms with Crippen molar-refractivity contribution in [1.82, 2.24) is 0 Å². The van der Waals surface area contributed by atoms with Crippen LogP contribution in [0.15, 0.2) is 134 Å². The Hall–Kier alpha value is -3.85. The number of phosphoric ester groups is 1. The van der Waals surface area contributed by atoms with Crippen LogP contribution in [0, 0.1) is 0 Å².